The summed E-state index contributed by atoms with van der Waals surface area (Å²) in [5.41, 5.74) is 1.85. The molecule has 0 saturated heterocycles. The smallest absolute Gasteiger partial charge is 0.242 e. The zero-order valence-electron chi connectivity index (χ0n) is 17.8. The Balaban J connectivity index is 1.58. The molecule has 3 N–H and O–H groups in total. The number of methoxy groups -OCH3 is 1. The lowest BCUT2D eigenvalue weighted by Gasteiger charge is -2.17. The van der Waals surface area contributed by atoms with Gasteiger partial charge in [0.05, 0.1) is 7.11 Å². The summed E-state index contributed by atoms with van der Waals surface area (Å²) >= 11 is 1.17. The number of nitrogen functional groups attached to an aromatic ring is 1. The Kier molecular flexibility index (Phi) is 6.89. The molecule has 1 aromatic heterocycles. The van der Waals surface area contributed by atoms with Gasteiger partial charge in [-0.2, -0.15) is 0 Å². The molecule has 0 saturated carbocycles. The number of nitrogens with one attached hydrogen (secondary N) is 1. The van der Waals surface area contributed by atoms with Crippen molar-refractivity contribution in [2.24, 2.45) is 0 Å². The quantitative estimate of drug-likeness (QED) is 0.300. The fourth-order valence-corrected chi connectivity index (χ4v) is 4.21. The van der Waals surface area contributed by atoms with Gasteiger partial charge in [0.2, 0.25) is 11.1 Å². The minimum absolute atomic E-state index is 0.183. The molecule has 0 aliphatic heterocycles. The normalized spacial score (nSPS) is 11.7. The van der Waals surface area contributed by atoms with E-state index in [2.05, 4.69) is 15.5 Å². The van der Waals surface area contributed by atoms with E-state index in [4.69, 9.17) is 10.6 Å². The molecule has 0 spiro atoms. The van der Waals surface area contributed by atoms with Gasteiger partial charge in [0.1, 0.15) is 16.8 Å². The van der Waals surface area contributed by atoms with Crippen molar-refractivity contribution in [2.75, 3.05) is 18.3 Å². The number of benzene rings is 3. The van der Waals surface area contributed by atoms with Gasteiger partial charge in [0.25, 0.3) is 0 Å². The molecule has 4 rings (SSSR count). The molecule has 4 aromatic rings. The number of aromatic nitrogens is 3. The van der Waals surface area contributed by atoms with Crippen LogP contribution < -0.4 is 15.9 Å². The topological polar surface area (TPSA) is 95.1 Å². The van der Waals surface area contributed by atoms with E-state index >= 15 is 0 Å². The summed E-state index contributed by atoms with van der Waals surface area (Å²) in [6, 6.07) is 22.9. The van der Waals surface area contributed by atoms with Gasteiger partial charge in [-0.25, -0.2) is 9.07 Å². The van der Waals surface area contributed by atoms with Crippen molar-refractivity contribution in [1.82, 2.24) is 14.9 Å². The Hall–Kier alpha value is -3.85. The number of carbonyl (C=O) groups is 1. The molecular weight excluding hydrogens is 441 g/mol. The van der Waals surface area contributed by atoms with E-state index in [1.807, 2.05) is 30.3 Å². The Morgan fingerprint density at radius 3 is 2.61 bits per heavy atom. The molecule has 0 aliphatic rings. The molecule has 1 atom stereocenters. The number of carbonyl (C=O) groups excluding carboxylic acids is 1. The van der Waals surface area contributed by atoms with Crippen LogP contribution in [0.2, 0.25) is 0 Å². The highest BCUT2D eigenvalue weighted by Gasteiger charge is 2.26. The Labute approximate surface area is 194 Å². The second kappa shape index (κ2) is 10.2. The first-order valence-corrected chi connectivity index (χ1v) is 11.0. The molecular formula is C24H22FN5O2S. The average Bonchev–Trinajstić information content (AvgIpc) is 3.18. The number of rotatable bonds is 8. The first-order valence-electron chi connectivity index (χ1n) is 10.1. The molecule has 0 unspecified atom stereocenters. The highest BCUT2D eigenvalue weighted by molar-refractivity contribution is 8.00. The number of halogens is 1. The van der Waals surface area contributed by atoms with Crippen LogP contribution in [0.5, 0.6) is 5.75 Å². The number of thioether (sulfide) groups is 1. The molecule has 1 heterocycles. The molecule has 168 valence electrons. The maximum absolute atomic E-state index is 14.0. The van der Waals surface area contributed by atoms with E-state index in [1.54, 1.807) is 49.6 Å². The molecule has 3 aromatic carbocycles. The van der Waals surface area contributed by atoms with Gasteiger partial charge in [0, 0.05) is 18.2 Å². The van der Waals surface area contributed by atoms with Crippen LogP contribution in [-0.4, -0.2) is 27.9 Å². The van der Waals surface area contributed by atoms with E-state index in [-0.39, 0.29) is 18.1 Å². The van der Waals surface area contributed by atoms with E-state index in [0.29, 0.717) is 28.0 Å². The third-order valence-electron chi connectivity index (χ3n) is 4.94. The molecule has 0 fully saturated rings. The first kappa shape index (κ1) is 22.3. The van der Waals surface area contributed by atoms with Gasteiger partial charge in [-0.3, -0.25) is 4.79 Å². The summed E-state index contributed by atoms with van der Waals surface area (Å²) in [6.07, 6.45) is 0.183. The van der Waals surface area contributed by atoms with Crippen LogP contribution in [0, 0.1) is 5.82 Å². The van der Waals surface area contributed by atoms with Crippen molar-refractivity contribution in [1.29, 1.82) is 0 Å². The summed E-state index contributed by atoms with van der Waals surface area (Å²) in [4.78, 5) is 13.3. The summed E-state index contributed by atoms with van der Waals surface area (Å²) in [6.45, 7) is 0. The minimum atomic E-state index is -0.648. The summed E-state index contributed by atoms with van der Waals surface area (Å²) < 4.78 is 20.6. The van der Waals surface area contributed by atoms with Gasteiger partial charge in [-0.05, 0) is 29.3 Å². The van der Waals surface area contributed by atoms with Crippen molar-refractivity contribution in [2.45, 2.75) is 16.8 Å². The molecule has 0 bridgehead atoms. The van der Waals surface area contributed by atoms with E-state index < -0.39 is 5.25 Å². The minimum Gasteiger partial charge on any atom is -0.497 e. The van der Waals surface area contributed by atoms with Crippen LogP contribution in [0.25, 0.3) is 0 Å². The number of amides is 1. The third kappa shape index (κ3) is 5.32. The SMILES string of the molecule is COc1cccc(NC(=O)[C@@H](Sc2nnc(Cc3ccccc3F)n2N)c2ccccc2)c1. The Bertz CT molecular complexity index is 1250. The highest BCUT2D eigenvalue weighted by Crippen LogP contribution is 2.35. The van der Waals surface area contributed by atoms with Crippen LogP contribution in [0.15, 0.2) is 84.0 Å². The number of nitrogens with zero attached hydrogens (tertiary/aromatic N) is 3. The van der Waals surface area contributed by atoms with Gasteiger partial charge >= 0.3 is 0 Å². The lowest BCUT2D eigenvalue weighted by Crippen LogP contribution is -2.21. The first-order chi connectivity index (χ1) is 16.0. The largest absolute Gasteiger partial charge is 0.497 e. The van der Waals surface area contributed by atoms with Gasteiger partial charge < -0.3 is 15.9 Å². The van der Waals surface area contributed by atoms with Crippen LogP contribution in [0.1, 0.15) is 22.2 Å². The zero-order valence-corrected chi connectivity index (χ0v) is 18.6. The van der Waals surface area contributed by atoms with Gasteiger partial charge in [0.15, 0.2) is 5.82 Å². The van der Waals surface area contributed by atoms with Gasteiger partial charge in [-0.1, -0.05) is 66.4 Å². The molecule has 0 radical (unpaired) electrons. The van der Waals surface area contributed by atoms with Crippen LogP contribution >= 0.6 is 11.8 Å². The Morgan fingerprint density at radius 2 is 1.85 bits per heavy atom. The number of hydrogen-bond acceptors (Lipinski definition) is 6. The fraction of sp³-hybridized carbons (Fsp3) is 0.125. The van der Waals surface area contributed by atoms with Crippen LogP contribution in [0.3, 0.4) is 0 Å². The number of hydrogen-bond donors (Lipinski definition) is 2. The number of anilines is 1. The van der Waals surface area contributed by atoms with E-state index in [9.17, 15) is 9.18 Å². The zero-order chi connectivity index (χ0) is 23.2. The summed E-state index contributed by atoms with van der Waals surface area (Å²) in [7, 11) is 1.57. The monoisotopic (exact) mass is 463 g/mol. The van der Waals surface area contributed by atoms with E-state index in [1.165, 1.54) is 22.5 Å². The lowest BCUT2D eigenvalue weighted by molar-refractivity contribution is -0.115. The molecule has 7 nitrogen and oxygen atoms in total. The number of ether oxygens (including phenoxy) is 1. The number of nitrogens with two attached hydrogens (primary N) is 1. The average molecular weight is 464 g/mol. The molecule has 1 amide bonds. The van der Waals surface area contributed by atoms with E-state index in [0.717, 1.165) is 5.56 Å². The third-order valence-corrected chi connectivity index (χ3v) is 6.15. The van der Waals surface area contributed by atoms with Crippen LogP contribution in [-0.2, 0) is 11.2 Å². The lowest BCUT2D eigenvalue weighted by atomic mass is 10.1. The van der Waals surface area contributed by atoms with Crippen molar-refractivity contribution in [3.63, 3.8) is 0 Å². The molecule has 9 heteroatoms. The predicted molar refractivity (Wildman–Crippen MR) is 126 cm³/mol. The van der Waals surface area contributed by atoms with Crippen molar-refractivity contribution in [3.8, 4) is 5.75 Å². The second-order valence-corrected chi connectivity index (χ2v) is 8.24. The van der Waals surface area contributed by atoms with Crippen molar-refractivity contribution < 1.29 is 13.9 Å². The molecule has 33 heavy (non-hydrogen) atoms. The fourth-order valence-electron chi connectivity index (χ4n) is 3.24. The summed E-state index contributed by atoms with van der Waals surface area (Å²) in [5, 5.41) is 10.9. The standard InChI is InChI=1S/C24H22FN5O2S/c1-32-19-12-7-11-18(15-19)27-23(31)22(16-8-3-2-4-9-16)33-24-29-28-21(30(24)26)14-17-10-5-6-13-20(17)25/h2-13,15,22H,14,26H2,1H3,(H,27,31)/t22-/m0/s1. The maximum atomic E-state index is 14.0. The Morgan fingerprint density at radius 1 is 1.09 bits per heavy atom. The highest BCUT2D eigenvalue weighted by atomic mass is 32.2. The molecule has 0 aliphatic carbocycles. The van der Waals surface area contributed by atoms with Crippen molar-refractivity contribution in [3.05, 3.63) is 102 Å². The van der Waals surface area contributed by atoms with Crippen molar-refractivity contribution >= 4 is 23.4 Å². The maximum Gasteiger partial charge on any atom is 0.242 e. The van der Waals surface area contributed by atoms with Gasteiger partial charge in [-0.15, -0.1) is 10.2 Å². The second-order valence-electron chi connectivity index (χ2n) is 7.17. The van der Waals surface area contributed by atoms with Crippen LogP contribution in [0.4, 0.5) is 10.1 Å². The summed E-state index contributed by atoms with van der Waals surface area (Å²) in [5.74, 6) is 6.65. The predicted octanol–water partition coefficient (Wildman–Crippen LogP) is 4.20.